The molecule has 0 heterocycles. The molecular weight excluding hydrogens is 336 g/mol. The van der Waals surface area contributed by atoms with Gasteiger partial charge in [-0.2, -0.15) is 0 Å². The second kappa shape index (κ2) is 5.05. The van der Waals surface area contributed by atoms with Crippen LogP contribution < -0.4 is 5.73 Å². The van der Waals surface area contributed by atoms with Crippen molar-refractivity contribution in [1.29, 1.82) is 0 Å². The Hall–Kier alpha value is -0.750. The lowest BCUT2D eigenvalue weighted by atomic mass is 10.3. The van der Waals surface area contributed by atoms with E-state index in [2.05, 4.69) is 22.6 Å². The van der Waals surface area contributed by atoms with Gasteiger partial charge in [-0.25, -0.2) is 4.39 Å². The van der Waals surface area contributed by atoms with Gasteiger partial charge in [-0.15, -0.1) is 0 Å². The van der Waals surface area contributed by atoms with Gasteiger partial charge in [0, 0.05) is 13.4 Å². The number of hydrogen-bond acceptors (Lipinski definition) is 2. The zero-order valence-electron chi connectivity index (χ0n) is 8.28. The molecule has 2 aromatic carbocycles. The van der Waals surface area contributed by atoms with Crippen LogP contribution in [0.3, 0.4) is 0 Å². The molecule has 0 amide bonds. The Morgan fingerprint density at radius 2 is 1.62 bits per heavy atom. The zero-order valence-corrected chi connectivity index (χ0v) is 11.3. The van der Waals surface area contributed by atoms with E-state index in [0.29, 0.717) is 0 Å². The van der Waals surface area contributed by atoms with Crippen molar-refractivity contribution < 1.29 is 4.39 Å². The summed E-state index contributed by atoms with van der Waals surface area (Å²) in [4.78, 5) is 1.94. The van der Waals surface area contributed by atoms with E-state index in [1.807, 2.05) is 30.3 Å². The van der Waals surface area contributed by atoms with E-state index < -0.39 is 0 Å². The summed E-state index contributed by atoms with van der Waals surface area (Å²) >= 11 is 3.77. The lowest BCUT2D eigenvalue weighted by Crippen LogP contribution is -1.89. The summed E-state index contributed by atoms with van der Waals surface area (Å²) in [6.07, 6.45) is 0. The summed E-state index contributed by atoms with van der Waals surface area (Å²) in [5, 5.41) is 0. The SMILES string of the molecule is Nc1ccc(Sc2ccc(I)cc2)cc1F. The molecule has 16 heavy (non-hydrogen) atoms. The first-order valence-corrected chi connectivity index (χ1v) is 6.53. The van der Waals surface area contributed by atoms with Crippen molar-refractivity contribution in [2.45, 2.75) is 9.79 Å². The highest BCUT2D eigenvalue weighted by atomic mass is 127. The molecule has 0 aromatic heterocycles. The normalized spacial score (nSPS) is 10.4. The first-order chi connectivity index (χ1) is 7.65. The van der Waals surface area contributed by atoms with Gasteiger partial charge in [-0.3, -0.25) is 0 Å². The van der Waals surface area contributed by atoms with Gasteiger partial charge in [0.15, 0.2) is 0 Å². The van der Waals surface area contributed by atoms with Crippen molar-refractivity contribution in [3.63, 3.8) is 0 Å². The molecule has 0 atom stereocenters. The number of anilines is 1. The van der Waals surface area contributed by atoms with E-state index in [1.54, 1.807) is 6.07 Å². The Bertz CT molecular complexity index is 499. The largest absolute Gasteiger partial charge is 0.396 e. The minimum atomic E-state index is -0.365. The van der Waals surface area contributed by atoms with Crippen molar-refractivity contribution >= 4 is 40.0 Å². The second-order valence-corrected chi connectivity index (χ2v) is 5.63. The van der Waals surface area contributed by atoms with Crippen molar-refractivity contribution in [1.82, 2.24) is 0 Å². The minimum absolute atomic E-state index is 0.187. The summed E-state index contributed by atoms with van der Waals surface area (Å²) < 4.78 is 14.4. The fourth-order valence-corrected chi connectivity index (χ4v) is 2.41. The van der Waals surface area contributed by atoms with Crippen molar-refractivity contribution in [2.24, 2.45) is 0 Å². The van der Waals surface area contributed by atoms with Crippen LogP contribution in [0.25, 0.3) is 0 Å². The molecule has 0 aliphatic rings. The topological polar surface area (TPSA) is 26.0 Å². The van der Waals surface area contributed by atoms with Gasteiger partial charge in [0.2, 0.25) is 0 Å². The van der Waals surface area contributed by atoms with Crippen molar-refractivity contribution in [3.8, 4) is 0 Å². The molecule has 2 aromatic rings. The highest BCUT2D eigenvalue weighted by Crippen LogP contribution is 2.29. The Balaban J connectivity index is 2.20. The molecule has 0 aliphatic carbocycles. The van der Waals surface area contributed by atoms with E-state index in [4.69, 9.17) is 5.73 Å². The monoisotopic (exact) mass is 345 g/mol. The van der Waals surface area contributed by atoms with Gasteiger partial charge in [-0.05, 0) is 65.1 Å². The number of rotatable bonds is 2. The van der Waals surface area contributed by atoms with Crippen LogP contribution in [-0.4, -0.2) is 0 Å². The third kappa shape index (κ3) is 2.89. The fraction of sp³-hybridized carbons (Fsp3) is 0. The molecular formula is C12H9FINS. The van der Waals surface area contributed by atoms with Gasteiger partial charge in [0.05, 0.1) is 5.69 Å². The lowest BCUT2D eigenvalue weighted by Gasteiger charge is -2.03. The smallest absolute Gasteiger partial charge is 0.147 e. The predicted molar refractivity (Wildman–Crippen MR) is 74.1 cm³/mol. The van der Waals surface area contributed by atoms with E-state index in [1.165, 1.54) is 21.4 Å². The number of nitrogens with two attached hydrogens (primary N) is 1. The molecule has 1 nitrogen and oxygen atoms in total. The molecule has 0 spiro atoms. The summed E-state index contributed by atoms with van der Waals surface area (Å²) in [6, 6.07) is 12.9. The molecule has 0 saturated heterocycles. The molecule has 2 N–H and O–H groups in total. The minimum Gasteiger partial charge on any atom is -0.396 e. The Morgan fingerprint density at radius 1 is 1.00 bits per heavy atom. The second-order valence-electron chi connectivity index (χ2n) is 3.24. The van der Waals surface area contributed by atoms with Gasteiger partial charge < -0.3 is 5.73 Å². The highest BCUT2D eigenvalue weighted by Gasteiger charge is 2.02. The molecule has 0 unspecified atom stereocenters. The van der Waals surface area contributed by atoms with Crippen LogP contribution in [0, 0.1) is 9.39 Å². The van der Waals surface area contributed by atoms with Crippen LogP contribution in [0.1, 0.15) is 0 Å². The van der Waals surface area contributed by atoms with Crippen LogP contribution in [-0.2, 0) is 0 Å². The molecule has 0 saturated carbocycles. The maximum absolute atomic E-state index is 13.2. The first-order valence-electron chi connectivity index (χ1n) is 4.63. The van der Waals surface area contributed by atoms with Gasteiger partial charge in [-0.1, -0.05) is 11.8 Å². The van der Waals surface area contributed by atoms with Crippen molar-refractivity contribution in [3.05, 3.63) is 51.9 Å². The number of benzene rings is 2. The highest BCUT2D eigenvalue weighted by molar-refractivity contribution is 14.1. The molecule has 0 bridgehead atoms. The van der Waals surface area contributed by atoms with Crippen LogP contribution in [0.4, 0.5) is 10.1 Å². The summed E-state index contributed by atoms with van der Waals surface area (Å²) in [6.45, 7) is 0. The van der Waals surface area contributed by atoms with Crippen LogP contribution >= 0.6 is 34.4 Å². The standard InChI is InChI=1S/C12H9FINS/c13-11-7-10(5-6-12(11)15)16-9-3-1-8(14)2-4-9/h1-7H,15H2. The summed E-state index contributed by atoms with van der Waals surface area (Å²) in [7, 11) is 0. The lowest BCUT2D eigenvalue weighted by molar-refractivity contribution is 0.629. The van der Waals surface area contributed by atoms with Crippen LogP contribution in [0.5, 0.6) is 0 Å². The number of nitrogen functional groups attached to an aromatic ring is 1. The zero-order chi connectivity index (χ0) is 11.5. The van der Waals surface area contributed by atoms with Gasteiger partial charge in [0.25, 0.3) is 0 Å². The van der Waals surface area contributed by atoms with Gasteiger partial charge in [0.1, 0.15) is 5.82 Å². The molecule has 0 fully saturated rings. The number of hydrogen-bond donors (Lipinski definition) is 1. The van der Waals surface area contributed by atoms with Crippen LogP contribution in [0.15, 0.2) is 52.3 Å². The van der Waals surface area contributed by atoms with Crippen LogP contribution in [0.2, 0.25) is 0 Å². The summed E-state index contributed by atoms with van der Waals surface area (Å²) in [5.41, 5.74) is 5.60. The number of halogens is 2. The molecule has 4 heteroatoms. The van der Waals surface area contributed by atoms with E-state index in [-0.39, 0.29) is 11.5 Å². The van der Waals surface area contributed by atoms with E-state index in [0.717, 1.165) is 9.79 Å². The van der Waals surface area contributed by atoms with E-state index >= 15 is 0 Å². The average Bonchev–Trinajstić information content (AvgIpc) is 2.27. The third-order valence-corrected chi connectivity index (χ3v) is 3.74. The van der Waals surface area contributed by atoms with E-state index in [9.17, 15) is 4.39 Å². The molecule has 0 radical (unpaired) electrons. The Labute approximate surface area is 111 Å². The third-order valence-electron chi connectivity index (χ3n) is 2.02. The molecule has 0 aliphatic heterocycles. The predicted octanol–water partition coefficient (Wildman–Crippen LogP) is 4.16. The first kappa shape index (κ1) is 11.7. The molecule has 2 rings (SSSR count). The Kier molecular flexibility index (Phi) is 3.70. The average molecular weight is 345 g/mol. The van der Waals surface area contributed by atoms with Gasteiger partial charge >= 0.3 is 0 Å². The summed E-state index contributed by atoms with van der Waals surface area (Å²) in [5.74, 6) is -0.365. The van der Waals surface area contributed by atoms with Crippen molar-refractivity contribution in [2.75, 3.05) is 5.73 Å². The maximum Gasteiger partial charge on any atom is 0.147 e. The maximum atomic E-state index is 13.2. The Morgan fingerprint density at radius 3 is 2.25 bits per heavy atom. The quantitative estimate of drug-likeness (QED) is 0.653. The molecule has 82 valence electrons. The fourth-order valence-electron chi connectivity index (χ4n) is 1.21.